The molecule has 1 aromatic carbocycles. The molecule has 1 saturated heterocycles. The lowest BCUT2D eigenvalue weighted by molar-refractivity contribution is -0.231. The minimum Gasteiger partial charge on any atom is -0.394 e. The van der Waals surface area contributed by atoms with Crippen molar-refractivity contribution in [2.45, 2.75) is 42.0 Å². The molecule has 3 rings (SSSR count). The number of ether oxygens (including phenoxy) is 1. The predicted molar refractivity (Wildman–Crippen MR) is 101 cm³/mol. The topological polar surface area (TPSA) is 116 Å². The maximum atomic E-state index is 10.3. The first-order valence-electron chi connectivity index (χ1n) is 8.40. The molecule has 5 atom stereocenters. The molecule has 2 aromatic rings. The molecule has 4 N–H and O–H groups in total. The monoisotopic (exact) mass is 412 g/mol. The molecular formula is C18H21ClN2O5S. The Morgan fingerprint density at radius 3 is 2.48 bits per heavy atom. The fourth-order valence-electron chi connectivity index (χ4n) is 3.03. The smallest absolute Gasteiger partial charge is 0.119 e. The molecular weight excluding hydrogens is 392 g/mol. The van der Waals surface area contributed by atoms with E-state index in [2.05, 4.69) is 10.2 Å². The Morgan fingerprint density at radius 1 is 1.07 bits per heavy atom. The number of nitrogens with zero attached hydrogens (tertiary/aromatic N) is 2. The van der Waals surface area contributed by atoms with Gasteiger partial charge < -0.3 is 25.2 Å². The minimum atomic E-state index is -1.43. The maximum absolute atomic E-state index is 10.3. The zero-order valence-corrected chi connectivity index (χ0v) is 16.1. The van der Waals surface area contributed by atoms with Gasteiger partial charge in [0.15, 0.2) is 0 Å². The van der Waals surface area contributed by atoms with E-state index in [0.29, 0.717) is 17.0 Å². The normalized spacial score (nSPS) is 28.3. The number of thioether (sulfide) groups is 1. The highest BCUT2D eigenvalue weighted by atomic mass is 35.5. The van der Waals surface area contributed by atoms with Crippen molar-refractivity contribution in [3.63, 3.8) is 0 Å². The number of aliphatic hydroxyl groups is 4. The van der Waals surface area contributed by atoms with Crippen LogP contribution in [0.1, 0.15) is 22.9 Å². The number of rotatable bonds is 5. The van der Waals surface area contributed by atoms with Gasteiger partial charge in [-0.15, -0.1) is 16.9 Å². The quantitative estimate of drug-likeness (QED) is 0.536. The minimum absolute atomic E-state index is 0.436. The summed E-state index contributed by atoms with van der Waals surface area (Å²) in [6.45, 7) is -0.473. The van der Waals surface area contributed by atoms with Crippen LogP contribution in [-0.2, 0) is 11.2 Å². The fraction of sp³-hybridized carbons (Fsp3) is 0.444. The summed E-state index contributed by atoms with van der Waals surface area (Å²) in [5, 5.41) is 49.2. The number of aromatic nitrogens is 2. The van der Waals surface area contributed by atoms with Crippen LogP contribution in [-0.4, -0.2) is 67.9 Å². The highest BCUT2D eigenvalue weighted by Gasteiger charge is 2.44. The van der Waals surface area contributed by atoms with Gasteiger partial charge in [-0.1, -0.05) is 23.7 Å². The number of hydrogen-bond donors (Lipinski definition) is 4. The first-order valence-corrected chi connectivity index (χ1v) is 10.00. The molecule has 0 saturated carbocycles. The molecule has 5 unspecified atom stereocenters. The zero-order chi connectivity index (χ0) is 19.6. The van der Waals surface area contributed by atoms with Crippen LogP contribution in [0.5, 0.6) is 0 Å². The Hall–Kier alpha value is -1.26. The van der Waals surface area contributed by atoms with Gasteiger partial charge in [-0.25, -0.2) is 0 Å². The zero-order valence-electron chi connectivity index (χ0n) is 14.6. The summed E-state index contributed by atoms with van der Waals surface area (Å²) >= 11 is 7.81. The van der Waals surface area contributed by atoms with Crippen LogP contribution in [0.4, 0.5) is 0 Å². The van der Waals surface area contributed by atoms with E-state index in [4.69, 9.17) is 16.3 Å². The molecule has 1 aromatic heterocycles. The fourth-order valence-corrected chi connectivity index (χ4v) is 3.54. The van der Waals surface area contributed by atoms with Gasteiger partial charge >= 0.3 is 0 Å². The van der Waals surface area contributed by atoms with E-state index >= 15 is 0 Å². The molecule has 1 aliphatic heterocycles. The molecule has 1 aliphatic rings. The van der Waals surface area contributed by atoms with Crippen LogP contribution >= 0.6 is 23.4 Å². The van der Waals surface area contributed by atoms with Crippen LogP contribution < -0.4 is 0 Å². The van der Waals surface area contributed by atoms with E-state index in [9.17, 15) is 20.4 Å². The van der Waals surface area contributed by atoms with E-state index in [1.165, 1.54) is 11.8 Å². The third-order valence-corrected chi connectivity index (χ3v) is 5.57. The Bertz CT molecular complexity index is 777. The summed E-state index contributed by atoms with van der Waals surface area (Å²) in [6.07, 6.45) is -3.66. The van der Waals surface area contributed by atoms with Crippen molar-refractivity contribution in [2.75, 3.05) is 12.9 Å². The van der Waals surface area contributed by atoms with Crippen LogP contribution in [0.2, 0.25) is 5.02 Å². The molecule has 0 spiro atoms. The largest absolute Gasteiger partial charge is 0.394 e. The number of hydrogen-bond acceptors (Lipinski definition) is 8. The first kappa shape index (κ1) is 20.5. The SMILES string of the molecule is CSc1ccc(Cc2cc(C3OC(CO)C(O)C(O)C3O)ccc2Cl)nn1. The molecule has 0 aliphatic carbocycles. The second kappa shape index (κ2) is 8.83. The number of aliphatic hydroxyl groups excluding tert-OH is 4. The first-order chi connectivity index (χ1) is 12.9. The van der Waals surface area contributed by atoms with Crippen molar-refractivity contribution in [3.8, 4) is 0 Å². The van der Waals surface area contributed by atoms with E-state index in [1.807, 2.05) is 18.4 Å². The lowest BCUT2D eigenvalue weighted by Gasteiger charge is -2.40. The van der Waals surface area contributed by atoms with Gasteiger partial charge in [-0.05, 0) is 35.6 Å². The summed E-state index contributed by atoms with van der Waals surface area (Å²) in [6, 6.07) is 8.87. The van der Waals surface area contributed by atoms with E-state index in [0.717, 1.165) is 16.3 Å². The van der Waals surface area contributed by atoms with Gasteiger partial charge in [0.1, 0.15) is 35.5 Å². The highest BCUT2D eigenvalue weighted by molar-refractivity contribution is 7.98. The predicted octanol–water partition coefficient (Wildman–Crippen LogP) is 0.958. The second-order valence-corrected chi connectivity index (χ2v) is 7.58. The molecule has 2 heterocycles. The van der Waals surface area contributed by atoms with Crippen molar-refractivity contribution in [1.82, 2.24) is 10.2 Å². The summed E-state index contributed by atoms with van der Waals surface area (Å²) in [7, 11) is 0. The van der Waals surface area contributed by atoms with Crippen LogP contribution in [0.25, 0.3) is 0 Å². The molecule has 7 nitrogen and oxygen atoms in total. The average Bonchev–Trinajstić information content (AvgIpc) is 2.69. The van der Waals surface area contributed by atoms with Gasteiger partial charge in [0.2, 0.25) is 0 Å². The van der Waals surface area contributed by atoms with Crippen molar-refractivity contribution in [2.24, 2.45) is 0 Å². The van der Waals surface area contributed by atoms with Crippen LogP contribution in [0.15, 0.2) is 35.4 Å². The van der Waals surface area contributed by atoms with Gasteiger partial charge in [0, 0.05) is 11.4 Å². The lowest BCUT2D eigenvalue weighted by atomic mass is 9.90. The Morgan fingerprint density at radius 2 is 1.85 bits per heavy atom. The van der Waals surface area contributed by atoms with Crippen molar-refractivity contribution in [1.29, 1.82) is 0 Å². The summed E-state index contributed by atoms with van der Waals surface area (Å²) in [4.78, 5) is 0. The van der Waals surface area contributed by atoms with Crippen molar-refractivity contribution in [3.05, 3.63) is 52.2 Å². The molecule has 1 fully saturated rings. The third kappa shape index (κ3) is 4.43. The Kier molecular flexibility index (Phi) is 6.69. The second-order valence-electron chi connectivity index (χ2n) is 6.34. The lowest BCUT2D eigenvalue weighted by Crippen LogP contribution is -2.55. The molecule has 0 bridgehead atoms. The van der Waals surface area contributed by atoms with Crippen LogP contribution in [0, 0.1) is 0 Å². The number of benzene rings is 1. The maximum Gasteiger partial charge on any atom is 0.119 e. The summed E-state index contributed by atoms with van der Waals surface area (Å²) in [5.41, 5.74) is 2.08. The molecule has 27 heavy (non-hydrogen) atoms. The van der Waals surface area contributed by atoms with Crippen molar-refractivity contribution < 1.29 is 25.2 Å². The molecule has 146 valence electrons. The Balaban J connectivity index is 1.85. The summed E-state index contributed by atoms with van der Waals surface area (Å²) in [5.74, 6) is 0. The molecule has 0 amide bonds. The summed E-state index contributed by atoms with van der Waals surface area (Å²) < 4.78 is 5.61. The van der Waals surface area contributed by atoms with Gasteiger partial charge in [-0.3, -0.25) is 0 Å². The standard InChI is InChI=1S/C18H21ClN2O5S/c1-27-14-5-3-11(20-21-14)7-10-6-9(2-4-12(10)19)18-17(25)16(24)15(23)13(8-22)26-18/h2-6,13,15-18,22-25H,7-8H2,1H3. The van der Waals surface area contributed by atoms with E-state index in [1.54, 1.807) is 18.2 Å². The molecule has 0 radical (unpaired) electrons. The van der Waals surface area contributed by atoms with Gasteiger partial charge in [-0.2, -0.15) is 5.10 Å². The molecule has 9 heteroatoms. The van der Waals surface area contributed by atoms with E-state index < -0.39 is 37.1 Å². The van der Waals surface area contributed by atoms with Crippen molar-refractivity contribution >= 4 is 23.4 Å². The Labute approximate surface area is 166 Å². The third-order valence-electron chi connectivity index (χ3n) is 4.57. The number of halogens is 1. The van der Waals surface area contributed by atoms with Gasteiger partial charge in [0.25, 0.3) is 0 Å². The van der Waals surface area contributed by atoms with Crippen LogP contribution in [0.3, 0.4) is 0 Å². The van der Waals surface area contributed by atoms with Gasteiger partial charge in [0.05, 0.1) is 12.3 Å². The average molecular weight is 413 g/mol. The van der Waals surface area contributed by atoms with E-state index in [-0.39, 0.29) is 0 Å². The highest BCUT2D eigenvalue weighted by Crippen LogP contribution is 2.34.